The van der Waals surface area contributed by atoms with Crippen molar-refractivity contribution in [2.24, 2.45) is 10.9 Å². The number of amides is 2. The van der Waals surface area contributed by atoms with Crippen molar-refractivity contribution < 1.29 is 29.8 Å². The fourth-order valence-corrected chi connectivity index (χ4v) is 3.87. The molecule has 6 N–H and O–H groups in total. The SMILES string of the molecule is Cc1cc(NC(=O)C(CC(=O)O)c2cc(C(N)=NO)ccc2O)ccc1C(=O)N1CCCC1. The molecule has 2 aromatic carbocycles. The van der Waals surface area contributed by atoms with E-state index in [1.54, 1.807) is 30.0 Å². The number of nitrogens with two attached hydrogens (primary N) is 1. The average Bonchev–Trinajstić information content (AvgIpc) is 3.32. The summed E-state index contributed by atoms with van der Waals surface area (Å²) in [6.07, 6.45) is 1.37. The number of hydrogen-bond acceptors (Lipinski definition) is 6. The Morgan fingerprint density at radius 1 is 1.15 bits per heavy atom. The minimum Gasteiger partial charge on any atom is -0.508 e. The van der Waals surface area contributed by atoms with Crippen LogP contribution in [0.2, 0.25) is 0 Å². The lowest BCUT2D eigenvalue weighted by Crippen LogP contribution is -2.28. The molecule has 0 aliphatic carbocycles. The summed E-state index contributed by atoms with van der Waals surface area (Å²) in [5.41, 5.74) is 7.43. The fraction of sp³-hybridized carbons (Fsp3) is 0.304. The molecule has 10 nitrogen and oxygen atoms in total. The quantitative estimate of drug-likeness (QED) is 0.185. The fourth-order valence-electron chi connectivity index (χ4n) is 3.87. The molecule has 2 amide bonds. The molecule has 1 aliphatic heterocycles. The van der Waals surface area contributed by atoms with E-state index in [9.17, 15) is 24.6 Å². The highest BCUT2D eigenvalue weighted by atomic mass is 16.4. The smallest absolute Gasteiger partial charge is 0.304 e. The zero-order valence-corrected chi connectivity index (χ0v) is 18.1. The maximum Gasteiger partial charge on any atom is 0.304 e. The van der Waals surface area contributed by atoms with E-state index in [0.717, 1.165) is 25.9 Å². The monoisotopic (exact) mass is 454 g/mol. The minimum absolute atomic E-state index is 0.0246. The van der Waals surface area contributed by atoms with Crippen molar-refractivity contribution in [3.05, 3.63) is 58.7 Å². The van der Waals surface area contributed by atoms with Gasteiger partial charge in [0.25, 0.3) is 5.91 Å². The number of likely N-dealkylation sites (tertiary alicyclic amines) is 1. The van der Waals surface area contributed by atoms with Gasteiger partial charge in [0.05, 0.1) is 12.3 Å². The van der Waals surface area contributed by atoms with Crippen LogP contribution in [0.1, 0.15) is 52.2 Å². The van der Waals surface area contributed by atoms with Gasteiger partial charge in [-0.3, -0.25) is 14.4 Å². The Bertz CT molecular complexity index is 1110. The van der Waals surface area contributed by atoms with E-state index < -0.39 is 24.2 Å². The minimum atomic E-state index is -1.25. The number of carbonyl (C=O) groups is 3. The third kappa shape index (κ3) is 5.40. The van der Waals surface area contributed by atoms with Gasteiger partial charge < -0.3 is 31.4 Å². The highest BCUT2D eigenvalue weighted by molar-refractivity contribution is 6.01. The lowest BCUT2D eigenvalue weighted by Gasteiger charge is -2.19. The Labute approximate surface area is 190 Å². The number of aryl methyl sites for hydroxylation is 1. The molecule has 10 heteroatoms. The van der Waals surface area contributed by atoms with Crippen LogP contribution in [0.25, 0.3) is 0 Å². The van der Waals surface area contributed by atoms with Crippen molar-refractivity contribution in [1.82, 2.24) is 4.90 Å². The first-order chi connectivity index (χ1) is 15.7. The molecule has 3 rings (SSSR count). The van der Waals surface area contributed by atoms with Crippen molar-refractivity contribution in [3.63, 3.8) is 0 Å². The number of amidine groups is 1. The van der Waals surface area contributed by atoms with E-state index in [0.29, 0.717) is 16.8 Å². The molecule has 174 valence electrons. The number of phenols is 1. The molecule has 1 unspecified atom stereocenters. The van der Waals surface area contributed by atoms with Crippen molar-refractivity contribution in [2.45, 2.75) is 32.1 Å². The van der Waals surface area contributed by atoms with Gasteiger partial charge in [0.15, 0.2) is 5.84 Å². The van der Waals surface area contributed by atoms with Crippen molar-refractivity contribution in [1.29, 1.82) is 0 Å². The zero-order chi connectivity index (χ0) is 24.1. The van der Waals surface area contributed by atoms with Gasteiger partial charge in [-0.1, -0.05) is 5.16 Å². The number of carbonyl (C=O) groups excluding carboxylic acids is 2. The number of hydrogen-bond donors (Lipinski definition) is 5. The number of carboxylic acids is 1. The second-order valence-corrected chi connectivity index (χ2v) is 7.93. The van der Waals surface area contributed by atoms with Crippen LogP contribution < -0.4 is 11.1 Å². The number of phenolic OH excluding ortho intramolecular Hbond substituents is 1. The molecule has 1 aliphatic rings. The highest BCUT2D eigenvalue weighted by Crippen LogP contribution is 2.31. The van der Waals surface area contributed by atoms with Crippen LogP contribution in [0.5, 0.6) is 5.75 Å². The molecular formula is C23H26N4O6. The summed E-state index contributed by atoms with van der Waals surface area (Å²) in [4.78, 5) is 38.9. The third-order valence-corrected chi connectivity index (χ3v) is 5.62. The summed E-state index contributed by atoms with van der Waals surface area (Å²) in [5.74, 6) is -3.77. The zero-order valence-electron chi connectivity index (χ0n) is 18.1. The molecule has 0 aromatic heterocycles. The van der Waals surface area contributed by atoms with Crippen molar-refractivity contribution in [2.75, 3.05) is 18.4 Å². The molecule has 1 saturated heterocycles. The van der Waals surface area contributed by atoms with Gasteiger partial charge in [-0.2, -0.15) is 0 Å². The summed E-state index contributed by atoms with van der Waals surface area (Å²) < 4.78 is 0. The number of aromatic hydroxyl groups is 1. The first-order valence-electron chi connectivity index (χ1n) is 10.4. The molecule has 2 aromatic rings. The molecule has 33 heavy (non-hydrogen) atoms. The van der Waals surface area contributed by atoms with Gasteiger partial charge in [-0.25, -0.2) is 0 Å². The second-order valence-electron chi connectivity index (χ2n) is 7.93. The van der Waals surface area contributed by atoms with Gasteiger partial charge in [0.2, 0.25) is 5.91 Å². The van der Waals surface area contributed by atoms with Crippen LogP contribution >= 0.6 is 0 Å². The Morgan fingerprint density at radius 3 is 2.45 bits per heavy atom. The Hall–Kier alpha value is -4.08. The summed E-state index contributed by atoms with van der Waals surface area (Å²) >= 11 is 0. The number of rotatable bonds is 7. The maximum atomic E-state index is 13.0. The van der Waals surface area contributed by atoms with Crippen LogP contribution in [0.4, 0.5) is 5.69 Å². The number of nitrogens with one attached hydrogen (secondary N) is 1. The van der Waals surface area contributed by atoms with E-state index >= 15 is 0 Å². The number of oxime groups is 1. The van der Waals surface area contributed by atoms with E-state index in [4.69, 9.17) is 10.9 Å². The standard InChI is InChI=1S/C23H26N4O6/c1-13-10-15(5-6-16(13)23(32)27-8-2-3-9-27)25-22(31)18(12-20(29)30)17-11-14(21(24)26-33)4-7-19(17)28/h4-7,10-11,18,28,33H,2-3,8-9,12H2,1H3,(H2,24,26)(H,25,31)(H,29,30). The lowest BCUT2D eigenvalue weighted by atomic mass is 9.92. The van der Waals surface area contributed by atoms with E-state index in [-0.39, 0.29) is 28.6 Å². The van der Waals surface area contributed by atoms with E-state index in [1.807, 2.05) is 0 Å². The molecule has 1 fully saturated rings. The first kappa shape index (κ1) is 23.6. The summed E-state index contributed by atoms with van der Waals surface area (Å²) in [7, 11) is 0. The summed E-state index contributed by atoms with van der Waals surface area (Å²) in [6, 6.07) is 8.79. The van der Waals surface area contributed by atoms with Crippen LogP contribution in [0.15, 0.2) is 41.6 Å². The average molecular weight is 454 g/mol. The van der Waals surface area contributed by atoms with Crippen LogP contribution in [-0.4, -0.2) is 57.0 Å². The van der Waals surface area contributed by atoms with Crippen molar-refractivity contribution in [3.8, 4) is 5.75 Å². The highest BCUT2D eigenvalue weighted by Gasteiger charge is 2.28. The number of nitrogens with zero attached hydrogens (tertiary/aromatic N) is 2. The second kappa shape index (κ2) is 10.0. The van der Waals surface area contributed by atoms with Crippen LogP contribution in [0, 0.1) is 6.92 Å². The molecule has 1 atom stereocenters. The number of carboxylic acid groups (broad SMARTS) is 1. The normalized spacial score (nSPS) is 14.7. The Kier molecular flexibility index (Phi) is 7.17. The maximum absolute atomic E-state index is 13.0. The van der Waals surface area contributed by atoms with E-state index in [2.05, 4.69) is 10.5 Å². The largest absolute Gasteiger partial charge is 0.508 e. The van der Waals surface area contributed by atoms with Gasteiger partial charge in [-0.05, 0) is 61.7 Å². The lowest BCUT2D eigenvalue weighted by molar-refractivity contribution is -0.139. The molecule has 0 saturated carbocycles. The van der Waals surface area contributed by atoms with E-state index in [1.165, 1.54) is 18.2 Å². The molecule has 0 radical (unpaired) electrons. The van der Waals surface area contributed by atoms with Crippen LogP contribution in [-0.2, 0) is 9.59 Å². The van der Waals surface area contributed by atoms with Crippen LogP contribution in [0.3, 0.4) is 0 Å². The topological polar surface area (TPSA) is 166 Å². The number of benzene rings is 2. The molecular weight excluding hydrogens is 428 g/mol. The predicted molar refractivity (Wildman–Crippen MR) is 121 cm³/mol. The Morgan fingerprint density at radius 2 is 1.85 bits per heavy atom. The number of anilines is 1. The first-order valence-corrected chi connectivity index (χ1v) is 10.4. The van der Waals surface area contributed by atoms with Gasteiger partial charge >= 0.3 is 5.97 Å². The molecule has 0 bridgehead atoms. The summed E-state index contributed by atoms with van der Waals surface area (Å²) in [5, 5.41) is 34.0. The molecule has 1 heterocycles. The third-order valence-electron chi connectivity index (χ3n) is 5.62. The summed E-state index contributed by atoms with van der Waals surface area (Å²) in [6.45, 7) is 3.21. The van der Waals surface area contributed by atoms with Crippen molar-refractivity contribution >= 4 is 29.3 Å². The predicted octanol–water partition coefficient (Wildman–Crippen LogP) is 2.23. The molecule has 0 spiro atoms. The number of aliphatic carboxylic acids is 1. The Balaban J connectivity index is 1.86. The van der Waals surface area contributed by atoms with Gasteiger partial charge in [-0.15, -0.1) is 0 Å². The van der Waals surface area contributed by atoms with Gasteiger partial charge in [0, 0.05) is 35.5 Å². The van der Waals surface area contributed by atoms with Gasteiger partial charge in [0.1, 0.15) is 5.75 Å².